The predicted octanol–water partition coefficient (Wildman–Crippen LogP) is 3.77. The van der Waals surface area contributed by atoms with E-state index in [9.17, 15) is 26.3 Å². The van der Waals surface area contributed by atoms with Crippen LogP contribution in [0.3, 0.4) is 0 Å². The first-order valence-electron chi connectivity index (χ1n) is 4.57. The molecule has 0 unspecified atom stereocenters. The molecule has 1 rings (SSSR count). The molecular formula is C10H9F6N. The Kier molecular flexibility index (Phi) is 3.15. The summed E-state index contributed by atoms with van der Waals surface area (Å²) in [5.74, 6) is 0. The molecule has 1 nitrogen and oxygen atoms in total. The van der Waals surface area contributed by atoms with Gasteiger partial charge in [0.25, 0.3) is 0 Å². The van der Waals surface area contributed by atoms with Gasteiger partial charge in [0, 0.05) is 6.20 Å². The first-order valence-corrected chi connectivity index (χ1v) is 4.57. The standard InChI is InChI=1S/C10H9F6N/c1-6-3-4-17-7(5-6)8(2,9(11,12)13)10(14,15)16/h3-5H,1-2H3. The topological polar surface area (TPSA) is 12.9 Å². The van der Waals surface area contributed by atoms with Crippen LogP contribution in [0.5, 0.6) is 0 Å². The molecule has 96 valence electrons. The number of hydrogen-bond donors (Lipinski definition) is 0. The van der Waals surface area contributed by atoms with Gasteiger partial charge in [-0.25, -0.2) is 0 Å². The second-order valence-corrected chi connectivity index (χ2v) is 3.84. The van der Waals surface area contributed by atoms with Crippen molar-refractivity contribution in [2.24, 2.45) is 0 Å². The van der Waals surface area contributed by atoms with Gasteiger partial charge in [-0.05, 0) is 31.5 Å². The van der Waals surface area contributed by atoms with E-state index in [0.717, 1.165) is 12.3 Å². The lowest BCUT2D eigenvalue weighted by atomic mass is 9.84. The van der Waals surface area contributed by atoms with Gasteiger partial charge in [-0.3, -0.25) is 4.98 Å². The third-order valence-electron chi connectivity index (χ3n) is 2.56. The quantitative estimate of drug-likeness (QED) is 0.698. The molecule has 0 bridgehead atoms. The molecule has 0 aliphatic rings. The predicted molar refractivity (Wildman–Crippen MR) is 48.4 cm³/mol. The van der Waals surface area contributed by atoms with Gasteiger partial charge in [0.15, 0.2) is 5.41 Å². The van der Waals surface area contributed by atoms with Crippen LogP contribution in [0, 0.1) is 6.92 Å². The minimum Gasteiger partial charge on any atom is -0.260 e. The molecule has 1 aromatic rings. The molecule has 7 heteroatoms. The summed E-state index contributed by atoms with van der Waals surface area (Å²) in [6.45, 7) is 1.49. The number of aromatic nitrogens is 1. The van der Waals surface area contributed by atoms with Crippen LogP contribution in [0.15, 0.2) is 18.3 Å². The molecule has 1 heterocycles. The van der Waals surface area contributed by atoms with E-state index in [1.807, 2.05) is 0 Å². The molecule has 0 atom stereocenters. The summed E-state index contributed by atoms with van der Waals surface area (Å²) in [4.78, 5) is 3.20. The third kappa shape index (κ3) is 2.23. The van der Waals surface area contributed by atoms with Crippen molar-refractivity contribution in [3.63, 3.8) is 0 Å². The lowest BCUT2D eigenvalue weighted by molar-refractivity contribution is -0.298. The van der Waals surface area contributed by atoms with Gasteiger partial charge in [0.2, 0.25) is 0 Å². The lowest BCUT2D eigenvalue weighted by Crippen LogP contribution is -2.52. The van der Waals surface area contributed by atoms with Crippen LogP contribution in [0.25, 0.3) is 0 Å². The number of aryl methyl sites for hydroxylation is 1. The molecular weight excluding hydrogens is 248 g/mol. The molecule has 17 heavy (non-hydrogen) atoms. The van der Waals surface area contributed by atoms with Gasteiger partial charge in [-0.1, -0.05) is 0 Å². The van der Waals surface area contributed by atoms with Crippen molar-refractivity contribution in [3.8, 4) is 0 Å². The van der Waals surface area contributed by atoms with Gasteiger partial charge in [-0.15, -0.1) is 0 Å². The molecule has 0 fully saturated rings. The fourth-order valence-electron chi connectivity index (χ4n) is 1.26. The Hall–Kier alpha value is -1.27. The van der Waals surface area contributed by atoms with Crippen LogP contribution >= 0.6 is 0 Å². The van der Waals surface area contributed by atoms with Crippen molar-refractivity contribution in [1.82, 2.24) is 4.98 Å². The average Bonchev–Trinajstić information content (AvgIpc) is 2.12. The van der Waals surface area contributed by atoms with Crippen molar-refractivity contribution < 1.29 is 26.3 Å². The van der Waals surface area contributed by atoms with E-state index >= 15 is 0 Å². The van der Waals surface area contributed by atoms with E-state index in [0.29, 0.717) is 0 Å². The van der Waals surface area contributed by atoms with Gasteiger partial charge in [0.1, 0.15) is 0 Å². The van der Waals surface area contributed by atoms with Gasteiger partial charge in [-0.2, -0.15) is 26.3 Å². The summed E-state index contributed by atoms with van der Waals surface area (Å²) >= 11 is 0. The van der Waals surface area contributed by atoms with Gasteiger partial charge >= 0.3 is 12.4 Å². The zero-order valence-electron chi connectivity index (χ0n) is 8.95. The number of nitrogens with zero attached hydrogens (tertiary/aromatic N) is 1. The average molecular weight is 257 g/mol. The van der Waals surface area contributed by atoms with Crippen LogP contribution in [0.2, 0.25) is 0 Å². The van der Waals surface area contributed by atoms with Crippen LogP contribution in [0.1, 0.15) is 18.2 Å². The Balaban J connectivity index is 3.46. The smallest absolute Gasteiger partial charge is 0.260 e. The molecule has 0 aromatic carbocycles. The molecule has 0 spiro atoms. The number of rotatable bonds is 1. The highest BCUT2D eigenvalue weighted by molar-refractivity contribution is 5.25. The van der Waals surface area contributed by atoms with E-state index in [4.69, 9.17) is 0 Å². The summed E-state index contributed by atoms with van der Waals surface area (Å²) in [5, 5.41) is 0. The Morgan fingerprint density at radius 1 is 1.00 bits per heavy atom. The SMILES string of the molecule is Cc1ccnc(C(C)(C(F)(F)F)C(F)(F)F)c1. The number of alkyl halides is 6. The Labute approximate surface area is 93.5 Å². The van der Waals surface area contributed by atoms with Gasteiger partial charge < -0.3 is 0 Å². The fraction of sp³-hybridized carbons (Fsp3) is 0.500. The first-order chi connectivity index (χ1) is 7.50. The van der Waals surface area contributed by atoms with Crippen molar-refractivity contribution in [2.75, 3.05) is 0 Å². The minimum absolute atomic E-state index is 0.0920. The zero-order chi connectivity index (χ0) is 13.5. The van der Waals surface area contributed by atoms with Crippen molar-refractivity contribution >= 4 is 0 Å². The monoisotopic (exact) mass is 257 g/mol. The molecule has 0 aliphatic heterocycles. The normalized spacial score (nSPS) is 13.9. The van der Waals surface area contributed by atoms with Crippen molar-refractivity contribution in [2.45, 2.75) is 31.6 Å². The van der Waals surface area contributed by atoms with E-state index in [1.54, 1.807) is 0 Å². The Morgan fingerprint density at radius 3 is 1.82 bits per heavy atom. The maximum absolute atomic E-state index is 12.7. The number of pyridine rings is 1. The summed E-state index contributed by atoms with van der Waals surface area (Å²) in [6.07, 6.45) is -9.97. The molecule has 0 saturated carbocycles. The molecule has 0 radical (unpaired) electrons. The summed E-state index contributed by atoms with van der Waals surface area (Å²) in [7, 11) is 0. The van der Waals surface area contributed by atoms with E-state index in [-0.39, 0.29) is 12.5 Å². The summed E-state index contributed by atoms with van der Waals surface area (Å²) in [6, 6.07) is 2.12. The number of hydrogen-bond acceptors (Lipinski definition) is 1. The highest BCUT2D eigenvalue weighted by Crippen LogP contribution is 2.51. The number of halogens is 6. The second kappa shape index (κ2) is 3.89. The summed E-state index contributed by atoms with van der Waals surface area (Å²) < 4.78 is 75.9. The zero-order valence-corrected chi connectivity index (χ0v) is 8.95. The molecule has 0 N–H and O–H groups in total. The first kappa shape index (κ1) is 13.8. The van der Waals surface area contributed by atoms with Crippen LogP contribution in [-0.2, 0) is 5.41 Å². The third-order valence-corrected chi connectivity index (χ3v) is 2.56. The maximum atomic E-state index is 12.7. The largest absolute Gasteiger partial charge is 0.408 e. The lowest BCUT2D eigenvalue weighted by Gasteiger charge is -2.33. The molecule has 0 amide bonds. The van der Waals surface area contributed by atoms with Gasteiger partial charge in [0.05, 0.1) is 5.69 Å². The maximum Gasteiger partial charge on any atom is 0.408 e. The Morgan fingerprint density at radius 2 is 1.47 bits per heavy atom. The highest BCUT2D eigenvalue weighted by atomic mass is 19.4. The molecule has 1 aromatic heterocycles. The van der Waals surface area contributed by atoms with Crippen LogP contribution in [0.4, 0.5) is 26.3 Å². The highest BCUT2D eigenvalue weighted by Gasteiger charge is 2.69. The summed E-state index contributed by atoms with van der Waals surface area (Å²) in [5.41, 5.74) is -4.71. The minimum atomic E-state index is -5.45. The van der Waals surface area contributed by atoms with E-state index in [1.165, 1.54) is 13.0 Å². The van der Waals surface area contributed by atoms with E-state index in [2.05, 4.69) is 4.98 Å². The van der Waals surface area contributed by atoms with Crippen molar-refractivity contribution in [1.29, 1.82) is 0 Å². The van der Waals surface area contributed by atoms with Crippen LogP contribution < -0.4 is 0 Å². The van der Waals surface area contributed by atoms with Crippen LogP contribution in [-0.4, -0.2) is 17.3 Å². The Bertz CT molecular complexity index is 392. The molecule has 0 saturated heterocycles. The van der Waals surface area contributed by atoms with E-state index < -0.39 is 23.5 Å². The fourth-order valence-corrected chi connectivity index (χ4v) is 1.26. The van der Waals surface area contributed by atoms with Crippen molar-refractivity contribution in [3.05, 3.63) is 29.6 Å². The molecule has 0 aliphatic carbocycles. The second-order valence-electron chi connectivity index (χ2n) is 3.84.